The molecule has 3 aromatic rings. The molecule has 2 saturated heterocycles. The number of benzene rings is 2. The van der Waals surface area contributed by atoms with E-state index in [0.717, 1.165) is 67.9 Å². The molecule has 0 aliphatic carbocycles. The monoisotopic (exact) mass is 391 g/mol. The third-order valence-corrected chi connectivity index (χ3v) is 6.32. The van der Waals surface area contributed by atoms with Gasteiger partial charge in [-0.15, -0.1) is 0 Å². The van der Waals surface area contributed by atoms with Crippen LogP contribution in [0.4, 0.5) is 11.4 Å². The van der Waals surface area contributed by atoms with Crippen LogP contribution >= 0.6 is 0 Å². The van der Waals surface area contributed by atoms with Crippen molar-refractivity contribution < 1.29 is 13.9 Å². The number of hydrogen-bond donors (Lipinski definition) is 1. The summed E-state index contributed by atoms with van der Waals surface area (Å²) in [4.78, 5) is 7.21. The molecule has 3 aliphatic rings. The average molecular weight is 391 g/mol. The third kappa shape index (κ3) is 2.98. The Morgan fingerprint density at radius 2 is 1.90 bits per heavy atom. The smallest absolute Gasteiger partial charge is 0.227 e. The maximum absolute atomic E-state index is 6.08. The summed E-state index contributed by atoms with van der Waals surface area (Å²) in [7, 11) is 0. The van der Waals surface area contributed by atoms with Gasteiger partial charge in [-0.05, 0) is 56.0 Å². The Morgan fingerprint density at radius 1 is 1.00 bits per heavy atom. The Bertz CT molecular complexity index is 988. The molecule has 0 bridgehead atoms. The van der Waals surface area contributed by atoms with Crippen LogP contribution in [0.25, 0.3) is 22.6 Å². The summed E-state index contributed by atoms with van der Waals surface area (Å²) in [6.07, 6.45) is 4.74. The normalized spacial score (nSPS) is 24.8. The van der Waals surface area contributed by atoms with Gasteiger partial charge in [0.05, 0.1) is 17.5 Å². The topological polar surface area (TPSA) is 59.8 Å². The minimum atomic E-state index is 0.175. The summed E-state index contributed by atoms with van der Waals surface area (Å²) < 4.78 is 17.7. The molecule has 2 atom stereocenters. The lowest BCUT2D eigenvalue weighted by Crippen LogP contribution is -2.51. The van der Waals surface area contributed by atoms with Crippen molar-refractivity contribution in [1.29, 1.82) is 0 Å². The van der Waals surface area contributed by atoms with Crippen molar-refractivity contribution in [3.8, 4) is 11.5 Å². The Balaban J connectivity index is 1.37. The highest BCUT2D eigenvalue weighted by atomic mass is 16.5. The molecule has 6 heteroatoms. The number of oxazole rings is 1. The molecular weight excluding hydrogens is 366 g/mol. The summed E-state index contributed by atoms with van der Waals surface area (Å²) >= 11 is 0. The largest absolute Gasteiger partial charge is 0.436 e. The molecule has 29 heavy (non-hydrogen) atoms. The molecule has 2 fully saturated rings. The van der Waals surface area contributed by atoms with Gasteiger partial charge in [-0.3, -0.25) is 0 Å². The first-order valence-electron chi connectivity index (χ1n) is 10.6. The van der Waals surface area contributed by atoms with Crippen molar-refractivity contribution in [1.82, 2.24) is 4.98 Å². The van der Waals surface area contributed by atoms with E-state index in [-0.39, 0.29) is 12.3 Å². The van der Waals surface area contributed by atoms with E-state index in [1.54, 1.807) is 0 Å². The van der Waals surface area contributed by atoms with Crippen LogP contribution in [0, 0.1) is 0 Å². The molecule has 6 rings (SSSR count). The van der Waals surface area contributed by atoms with Gasteiger partial charge in [0.25, 0.3) is 0 Å². The second kappa shape index (κ2) is 7.04. The fraction of sp³-hybridized carbons (Fsp3) is 0.435. The maximum Gasteiger partial charge on any atom is 0.227 e. The number of hydrogen-bond acceptors (Lipinski definition) is 6. The molecule has 1 N–H and O–H groups in total. The van der Waals surface area contributed by atoms with Gasteiger partial charge in [-0.25, -0.2) is 4.98 Å². The number of nitrogens with one attached hydrogen (secondary N) is 1. The van der Waals surface area contributed by atoms with E-state index < -0.39 is 0 Å². The quantitative estimate of drug-likeness (QED) is 0.714. The summed E-state index contributed by atoms with van der Waals surface area (Å²) in [5.74, 6) is 0.661. The summed E-state index contributed by atoms with van der Waals surface area (Å²) in [5, 5.41) is 3.76. The number of aromatic nitrogens is 1. The molecule has 0 radical (unpaired) electrons. The van der Waals surface area contributed by atoms with Crippen LogP contribution in [0.5, 0.6) is 0 Å². The van der Waals surface area contributed by atoms with E-state index in [1.165, 1.54) is 5.69 Å². The first-order valence-corrected chi connectivity index (χ1v) is 10.6. The minimum absolute atomic E-state index is 0.175. The average Bonchev–Trinajstić information content (AvgIpc) is 3.51. The Hall–Kier alpha value is -2.57. The van der Waals surface area contributed by atoms with Gasteiger partial charge in [-0.2, -0.15) is 0 Å². The van der Waals surface area contributed by atoms with Crippen molar-refractivity contribution in [3.05, 3.63) is 42.5 Å². The lowest BCUT2D eigenvalue weighted by Gasteiger charge is -2.39. The number of ether oxygens (including phenoxy) is 2. The zero-order chi connectivity index (χ0) is 19.2. The fourth-order valence-electron chi connectivity index (χ4n) is 4.90. The van der Waals surface area contributed by atoms with E-state index in [2.05, 4.69) is 33.4 Å². The molecule has 0 saturated carbocycles. The van der Waals surface area contributed by atoms with E-state index in [9.17, 15) is 0 Å². The predicted octanol–water partition coefficient (Wildman–Crippen LogP) is 4.41. The number of rotatable bonds is 3. The van der Waals surface area contributed by atoms with Crippen molar-refractivity contribution in [2.75, 3.05) is 30.0 Å². The fourth-order valence-corrected chi connectivity index (χ4v) is 4.90. The first kappa shape index (κ1) is 17.3. The zero-order valence-corrected chi connectivity index (χ0v) is 16.3. The van der Waals surface area contributed by atoms with Crippen molar-refractivity contribution in [2.45, 2.75) is 44.0 Å². The molecule has 6 nitrogen and oxygen atoms in total. The second-order valence-corrected chi connectivity index (χ2v) is 8.11. The summed E-state index contributed by atoms with van der Waals surface area (Å²) in [6, 6.07) is 14.9. The number of anilines is 2. The maximum atomic E-state index is 6.08. The van der Waals surface area contributed by atoms with Gasteiger partial charge in [0.1, 0.15) is 11.7 Å². The molecule has 3 aliphatic heterocycles. The van der Waals surface area contributed by atoms with Crippen LogP contribution in [-0.2, 0) is 9.47 Å². The third-order valence-electron chi connectivity index (χ3n) is 6.32. The van der Waals surface area contributed by atoms with Gasteiger partial charge in [0, 0.05) is 31.4 Å². The van der Waals surface area contributed by atoms with Crippen LogP contribution in [0.15, 0.2) is 46.9 Å². The van der Waals surface area contributed by atoms with E-state index >= 15 is 0 Å². The summed E-state index contributed by atoms with van der Waals surface area (Å²) in [5.41, 5.74) is 5.08. The molecule has 150 valence electrons. The Kier molecular flexibility index (Phi) is 4.20. The van der Waals surface area contributed by atoms with Gasteiger partial charge in [-0.1, -0.05) is 12.1 Å². The molecule has 4 heterocycles. The SMILES string of the molecule is c1ccc2oc(-c3ccc4c(c3)NC(C3CCCO3)N4C3CCOCC3)nc2c1. The highest BCUT2D eigenvalue weighted by Crippen LogP contribution is 2.43. The highest BCUT2D eigenvalue weighted by molar-refractivity contribution is 5.83. The second-order valence-electron chi connectivity index (χ2n) is 8.11. The van der Waals surface area contributed by atoms with Gasteiger partial charge < -0.3 is 24.1 Å². The van der Waals surface area contributed by atoms with Crippen LogP contribution in [0.1, 0.15) is 25.7 Å². The first-order chi connectivity index (χ1) is 14.4. The lowest BCUT2D eigenvalue weighted by atomic mass is 10.0. The number of fused-ring (bicyclic) bond motifs is 2. The molecule has 0 spiro atoms. The van der Waals surface area contributed by atoms with Crippen LogP contribution in [-0.4, -0.2) is 43.1 Å². The molecule has 0 amide bonds. The van der Waals surface area contributed by atoms with E-state index in [4.69, 9.17) is 13.9 Å². The van der Waals surface area contributed by atoms with Crippen LogP contribution < -0.4 is 10.2 Å². The molecule has 2 unspecified atom stereocenters. The number of para-hydroxylation sites is 2. The van der Waals surface area contributed by atoms with Crippen LogP contribution in [0.2, 0.25) is 0 Å². The van der Waals surface area contributed by atoms with E-state index in [0.29, 0.717) is 11.9 Å². The zero-order valence-electron chi connectivity index (χ0n) is 16.3. The Morgan fingerprint density at radius 3 is 2.72 bits per heavy atom. The summed E-state index contributed by atoms with van der Waals surface area (Å²) in [6.45, 7) is 2.51. The standard InChI is InChI=1S/C23H25N3O3/c1-2-5-20-17(4-1)25-23(29-20)15-7-8-19-18(14-15)24-22(21-6-3-11-28-21)26(19)16-9-12-27-13-10-16/h1-2,4-5,7-8,14,16,21-22,24H,3,6,9-13H2. The molecule has 2 aromatic carbocycles. The van der Waals surface area contributed by atoms with Gasteiger partial charge >= 0.3 is 0 Å². The number of nitrogens with zero attached hydrogens (tertiary/aromatic N) is 2. The van der Waals surface area contributed by atoms with Gasteiger partial charge in [0.2, 0.25) is 5.89 Å². The van der Waals surface area contributed by atoms with Crippen molar-refractivity contribution in [3.63, 3.8) is 0 Å². The van der Waals surface area contributed by atoms with Gasteiger partial charge in [0.15, 0.2) is 5.58 Å². The minimum Gasteiger partial charge on any atom is -0.436 e. The van der Waals surface area contributed by atoms with E-state index in [1.807, 2.05) is 24.3 Å². The van der Waals surface area contributed by atoms with Crippen molar-refractivity contribution >= 4 is 22.5 Å². The van der Waals surface area contributed by atoms with Crippen LogP contribution in [0.3, 0.4) is 0 Å². The predicted molar refractivity (Wildman–Crippen MR) is 112 cm³/mol. The lowest BCUT2D eigenvalue weighted by molar-refractivity contribution is 0.0679. The molecule has 1 aromatic heterocycles. The highest BCUT2D eigenvalue weighted by Gasteiger charge is 2.40. The molecular formula is C23H25N3O3. The Labute approximate surface area is 169 Å². The van der Waals surface area contributed by atoms with Crippen molar-refractivity contribution in [2.24, 2.45) is 0 Å².